The maximum Gasteiger partial charge on any atom is 0.254 e. The minimum absolute atomic E-state index is 0.0743. The van der Waals surface area contributed by atoms with Gasteiger partial charge in [0, 0.05) is 20.2 Å². The molecule has 0 spiro atoms. The van der Waals surface area contributed by atoms with E-state index in [0.717, 1.165) is 0 Å². The molecule has 0 saturated heterocycles. The third-order valence-corrected chi connectivity index (χ3v) is 6.15. The molecule has 2 aromatic carbocycles. The Morgan fingerprint density at radius 3 is 2.30 bits per heavy atom. The van der Waals surface area contributed by atoms with E-state index >= 15 is 0 Å². The Morgan fingerprint density at radius 2 is 1.67 bits per heavy atom. The molecular weight excluding hydrogens is 435 g/mol. The summed E-state index contributed by atoms with van der Waals surface area (Å²) in [5.74, 6) is -0.481. The van der Waals surface area contributed by atoms with E-state index in [2.05, 4.69) is 10.0 Å². The van der Waals surface area contributed by atoms with Crippen LogP contribution >= 0.6 is 34.8 Å². The van der Waals surface area contributed by atoms with E-state index in [1.807, 2.05) is 0 Å². The van der Waals surface area contributed by atoms with Crippen LogP contribution in [-0.4, -0.2) is 34.6 Å². The number of carbonyl (C=O) groups excluding carboxylic acids is 1. The molecule has 0 aromatic heterocycles. The first-order valence-electron chi connectivity index (χ1n) is 7.75. The number of benzene rings is 2. The number of amides is 1. The number of carbonyl (C=O) groups is 1. The van der Waals surface area contributed by atoms with Gasteiger partial charge in [0.05, 0.1) is 32.1 Å². The summed E-state index contributed by atoms with van der Waals surface area (Å²) in [6, 6.07) is 9.11. The molecule has 27 heavy (non-hydrogen) atoms. The fourth-order valence-electron chi connectivity index (χ4n) is 2.15. The highest BCUT2D eigenvalue weighted by Crippen LogP contribution is 2.31. The predicted octanol–water partition coefficient (Wildman–Crippen LogP) is 3.50. The van der Waals surface area contributed by atoms with Crippen LogP contribution in [0.15, 0.2) is 41.3 Å². The summed E-state index contributed by atoms with van der Waals surface area (Å²) in [4.78, 5) is 12.4. The van der Waals surface area contributed by atoms with Crippen molar-refractivity contribution in [2.45, 2.75) is 11.4 Å². The van der Waals surface area contributed by atoms with Crippen molar-refractivity contribution < 1.29 is 17.9 Å². The highest BCUT2D eigenvalue weighted by atomic mass is 35.5. The molecule has 146 valence electrons. The molecule has 0 aliphatic rings. The molecule has 0 radical (unpaired) electrons. The standard InChI is InChI=1S/C17H17Cl3N2O4S/c1-26-9-8-22-27(24,25)12-4-2-11(3-5-12)10-21-17(23)15-13(18)6-7-14(19)16(15)20/h2-7,22H,8-10H2,1H3,(H,21,23). The lowest BCUT2D eigenvalue weighted by Crippen LogP contribution is -2.27. The van der Waals surface area contributed by atoms with Crippen LogP contribution in [0.2, 0.25) is 15.1 Å². The zero-order chi connectivity index (χ0) is 20.0. The monoisotopic (exact) mass is 450 g/mol. The first-order chi connectivity index (χ1) is 12.8. The van der Waals surface area contributed by atoms with E-state index in [0.29, 0.717) is 5.56 Å². The molecule has 0 saturated carbocycles. The van der Waals surface area contributed by atoms with Crippen molar-refractivity contribution in [3.63, 3.8) is 0 Å². The second-order valence-electron chi connectivity index (χ2n) is 5.44. The second kappa shape index (κ2) is 9.73. The summed E-state index contributed by atoms with van der Waals surface area (Å²) in [6.07, 6.45) is 0. The van der Waals surface area contributed by atoms with E-state index in [-0.39, 0.29) is 45.2 Å². The molecule has 0 unspecified atom stereocenters. The number of nitrogens with one attached hydrogen (secondary N) is 2. The Balaban J connectivity index is 2.03. The van der Waals surface area contributed by atoms with Gasteiger partial charge in [-0.15, -0.1) is 0 Å². The van der Waals surface area contributed by atoms with Crippen molar-refractivity contribution in [2.24, 2.45) is 0 Å². The molecule has 2 rings (SSSR count). The van der Waals surface area contributed by atoms with E-state index in [4.69, 9.17) is 39.5 Å². The average Bonchev–Trinajstić information content (AvgIpc) is 2.64. The SMILES string of the molecule is COCCNS(=O)(=O)c1ccc(CNC(=O)c2c(Cl)ccc(Cl)c2Cl)cc1. The third-order valence-electron chi connectivity index (χ3n) is 3.56. The highest BCUT2D eigenvalue weighted by molar-refractivity contribution is 7.89. The number of hydrogen-bond donors (Lipinski definition) is 2. The van der Waals surface area contributed by atoms with Crippen molar-refractivity contribution in [3.05, 3.63) is 62.6 Å². The fraction of sp³-hybridized carbons (Fsp3) is 0.235. The average molecular weight is 452 g/mol. The summed E-state index contributed by atoms with van der Waals surface area (Å²) in [5.41, 5.74) is 0.792. The third kappa shape index (κ3) is 5.81. The van der Waals surface area contributed by atoms with Gasteiger partial charge in [0.25, 0.3) is 5.91 Å². The van der Waals surface area contributed by atoms with Gasteiger partial charge in [-0.05, 0) is 29.8 Å². The topological polar surface area (TPSA) is 84.5 Å². The van der Waals surface area contributed by atoms with Crippen LogP contribution in [0.4, 0.5) is 0 Å². The van der Waals surface area contributed by atoms with Gasteiger partial charge in [-0.25, -0.2) is 13.1 Å². The Morgan fingerprint density at radius 1 is 1.04 bits per heavy atom. The molecule has 1 amide bonds. The maximum atomic E-state index is 12.3. The summed E-state index contributed by atoms with van der Waals surface area (Å²) in [6.45, 7) is 0.616. The number of methoxy groups -OCH3 is 1. The van der Waals surface area contributed by atoms with Crippen LogP contribution < -0.4 is 10.0 Å². The molecule has 2 aromatic rings. The molecule has 0 aliphatic heterocycles. The van der Waals surface area contributed by atoms with Crippen molar-refractivity contribution in [1.29, 1.82) is 0 Å². The van der Waals surface area contributed by atoms with Crippen molar-refractivity contribution in [3.8, 4) is 0 Å². The molecule has 0 heterocycles. The molecule has 6 nitrogen and oxygen atoms in total. The number of hydrogen-bond acceptors (Lipinski definition) is 4. The molecule has 0 atom stereocenters. The lowest BCUT2D eigenvalue weighted by molar-refractivity contribution is 0.0951. The number of halogens is 3. The molecular formula is C17H17Cl3N2O4S. The van der Waals surface area contributed by atoms with Crippen LogP contribution in [-0.2, 0) is 21.3 Å². The normalized spacial score (nSPS) is 11.4. The fourth-order valence-corrected chi connectivity index (χ4v) is 3.87. The van der Waals surface area contributed by atoms with Gasteiger partial charge in [-0.1, -0.05) is 46.9 Å². The zero-order valence-electron chi connectivity index (χ0n) is 14.3. The summed E-state index contributed by atoms with van der Waals surface area (Å²) in [7, 11) is -2.12. The van der Waals surface area contributed by atoms with E-state index in [1.54, 1.807) is 12.1 Å². The van der Waals surface area contributed by atoms with Gasteiger partial charge in [-0.3, -0.25) is 4.79 Å². The van der Waals surface area contributed by atoms with E-state index < -0.39 is 15.9 Å². The smallest absolute Gasteiger partial charge is 0.254 e. The number of sulfonamides is 1. The van der Waals surface area contributed by atoms with Gasteiger partial charge in [0.15, 0.2) is 0 Å². The summed E-state index contributed by atoms with van der Waals surface area (Å²) >= 11 is 18.0. The van der Waals surface area contributed by atoms with Gasteiger partial charge >= 0.3 is 0 Å². The zero-order valence-corrected chi connectivity index (χ0v) is 17.3. The Labute approximate surface area is 172 Å². The Kier molecular flexibility index (Phi) is 7.91. The minimum Gasteiger partial charge on any atom is -0.383 e. The number of ether oxygens (including phenoxy) is 1. The van der Waals surface area contributed by atoms with Crippen LogP contribution in [0.5, 0.6) is 0 Å². The van der Waals surface area contributed by atoms with Crippen molar-refractivity contribution in [1.82, 2.24) is 10.0 Å². The van der Waals surface area contributed by atoms with Crippen molar-refractivity contribution >= 4 is 50.7 Å². The van der Waals surface area contributed by atoms with Crippen LogP contribution in [0.1, 0.15) is 15.9 Å². The van der Waals surface area contributed by atoms with Gasteiger partial charge in [0.1, 0.15) is 0 Å². The second-order valence-corrected chi connectivity index (χ2v) is 8.39. The quantitative estimate of drug-likeness (QED) is 0.475. The van der Waals surface area contributed by atoms with Crippen LogP contribution in [0, 0.1) is 0 Å². The predicted molar refractivity (Wildman–Crippen MR) is 106 cm³/mol. The molecule has 0 fully saturated rings. The first kappa shape index (κ1) is 21.9. The van der Waals surface area contributed by atoms with Gasteiger partial charge in [0.2, 0.25) is 10.0 Å². The summed E-state index contributed by atoms with van der Waals surface area (Å²) < 4.78 is 31.4. The van der Waals surface area contributed by atoms with Crippen molar-refractivity contribution in [2.75, 3.05) is 20.3 Å². The van der Waals surface area contributed by atoms with E-state index in [9.17, 15) is 13.2 Å². The van der Waals surface area contributed by atoms with E-state index in [1.165, 1.54) is 31.4 Å². The maximum absolute atomic E-state index is 12.3. The Bertz CT molecular complexity index is 919. The molecule has 2 N–H and O–H groups in total. The number of rotatable bonds is 8. The largest absolute Gasteiger partial charge is 0.383 e. The lowest BCUT2D eigenvalue weighted by atomic mass is 10.2. The lowest BCUT2D eigenvalue weighted by Gasteiger charge is -2.10. The highest BCUT2D eigenvalue weighted by Gasteiger charge is 2.17. The van der Waals surface area contributed by atoms with Gasteiger partial charge < -0.3 is 10.1 Å². The molecule has 10 heteroatoms. The Hall–Kier alpha value is -1.35. The minimum atomic E-state index is -3.61. The molecule has 0 aliphatic carbocycles. The first-order valence-corrected chi connectivity index (χ1v) is 10.4. The molecule has 0 bridgehead atoms. The van der Waals surface area contributed by atoms with Crippen LogP contribution in [0.25, 0.3) is 0 Å². The summed E-state index contributed by atoms with van der Waals surface area (Å²) in [5, 5.41) is 3.16. The van der Waals surface area contributed by atoms with Crippen LogP contribution in [0.3, 0.4) is 0 Å². The van der Waals surface area contributed by atoms with Gasteiger partial charge in [-0.2, -0.15) is 0 Å².